The van der Waals surface area contributed by atoms with Crippen LogP contribution in [0.3, 0.4) is 0 Å². The van der Waals surface area contributed by atoms with Crippen LogP contribution in [0.15, 0.2) is 37.3 Å². The summed E-state index contributed by atoms with van der Waals surface area (Å²) in [6.07, 6.45) is 11.5. The lowest BCUT2D eigenvalue weighted by Gasteiger charge is -2.17. The number of epoxide rings is 1. The van der Waals surface area contributed by atoms with Gasteiger partial charge in [0.05, 0.1) is 95.3 Å². The molecule has 1 aliphatic rings. The molecule has 0 aromatic rings. The van der Waals surface area contributed by atoms with E-state index in [4.69, 9.17) is 53.8 Å². The van der Waals surface area contributed by atoms with Gasteiger partial charge in [0.25, 0.3) is 0 Å². The Bertz CT molecular complexity index is 2020. The SMILES string of the molecule is C=CCC(CCCOC(=O)C(CCCOC(=O)CCC(=O)CCO)CC1CO1)C(=O)OCCCCC(=O)OCC.C=CCC(CCCOC(=O)CCC(=O)CCO)C(=O)OCCCCC(=O)OCC.C=CS(=O)(=O)CCOC(=O)CCCN. The van der Waals surface area contributed by atoms with Crippen molar-refractivity contribution in [2.24, 2.45) is 23.5 Å². The van der Waals surface area contributed by atoms with Crippen LogP contribution in [-0.4, -0.2) is 169 Å². The summed E-state index contributed by atoms with van der Waals surface area (Å²) < 4.78 is 67.6. The third-order valence-corrected chi connectivity index (χ3v) is 13.1. The summed E-state index contributed by atoms with van der Waals surface area (Å²) in [6.45, 7) is 16.0. The highest BCUT2D eigenvalue weighted by atomic mass is 32.2. The van der Waals surface area contributed by atoms with Gasteiger partial charge >= 0.3 is 47.8 Å². The molecule has 0 amide bonds. The van der Waals surface area contributed by atoms with Crippen LogP contribution in [0.1, 0.15) is 162 Å². The minimum absolute atomic E-state index is 0.0112. The lowest BCUT2D eigenvalue weighted by atomic mass is 9.98. The number of carbonyl (C=O) groups excluding carboxylic acids is 10. The van der Waals surface area contributed by atoms with Crippen molar-refractivity contribution in [1.82, 2.24) is 0 Å². The quantitative estimate of drug-likeness (QED) is 0.0220. The number of aliphatic hydroxyl groups excluding tert-OH is 2. The van der Waals surface area contributed by atoms with Gasteiger partial charge in [-0.25, -0.2) is 8.42 Å². The van der Waals surface area contributed by atoms with Gasteiger partial charge in [0.2, 0.25) is 0 Å². The molecule has 1 saturated heterocycles. The van der Waals surface area contributed by atoms with Gasteiger partial charge in [-0.3, -0.25) is 47.9 Å². The van der Waals surface area contributed by atoms with Crippen molar-refractivity contribution in [3.05, 3.63) is 37.3 Å². The maximum absolute atomic E-state index is 12.7. The minimum Gasteiger partial charge on any atom is -0.466 e. The number of rotatable bonds is 50. The Morgan fingerprint density at radius 1 is 0.494 bits per heavy atom. The maximum Gasteiger partial charge on any atom is 0.309 e. The van der Waals surface area contributed by atoms with Gasteiger partial charge in [-0.05, 0) is 110 Å². The second-order valence-corrected chi connectivity index (χ2v) is 21.0. The van der Waals surface area contributed by atoms with Crippen LogP contribution in [0.2, 0.25) is 0 Å². The molecule has 476 valence electrons. The molecule has 0 radical (unpaired) electrons. The van der Waals surface area contributed by atoms with Gasteiger partial charge in [0.15, 0.2) is 9.84 Å². The summed E-state index contributed by atoms with van der Waals surface area (Å²) in [7, 11) is -3.27. The van der Waals surface area contributed by atoms with E-state index in [1.165, 1.54) is 0 Å². The van der Waals surface area contributed by atoms with Gasteiger partial charge < -0.3 is 58.6 Å². The average Bonchev–Trinajstić information content (AvgIpc) is 4.31. The molecule has 83 heavy (non-hydrogen) atoms. The number of sulfone groups is 1. The Kier molecular flexibility index (Phi) is 50.4. The van der Waals surface area contributed by atoms with Crippen LogP contribution in [0, 0.1) is 17.8 Å². The van der Waals surface area contributed by atoms with Crippen LogP contribution in [0.25, 0.3) is 0 Å². The minimum atomic E-state index is -3.27. The number of esters is 8. The summed E-state index contributed by atoms with van der Waals surface area (Å²) in [5.74, 6) is -4.63. The fourth-order valence-electron chi connectivity index (χ4n) is 7.16. The van der Waals surface area contributed by atoms with E-state index in [1.54, 1.807) is 26.0 Å². The summed E-state index contributed by atoms with van der Waals surface area (Å²) in [5.41, 5.74) is 5.18. The monoisotopic (exact) mass is 1210 g/mol. The second kappa shape index (κ2) is 52.9. The molecule has 4 N–H and O–H groups in total. The van der Waals surface area contributed by atoms with Gasteiger partial charge in [-0.1, -0.05) is 18.7 Å². The maximum atomic E-state index is 12.7. The molecular weight excluding hydrogens is 1110 g/mol. The van der Waals surface area contributed by atoms with E-state index in [9.17, 15) is 56.4 Å². The molecule has 4 atom stereocenters. The van der Waals surface area contributed by atoms with Crippen molar-refractivity contribution in [2.45, 2.75) is 168 Å². The summed E-state index contributed by atoms with van der Waals surface area (Å²) >= 11 is 0. The first-order valence-corrected chi connectivity index (χ1v) is 30.4. The first-order chi connectivity index (χ1) is 39.8. The molecule has 25 heteroatoms. The number of unbranched alkanes of at least 4 members (excludes halogenated alkanes) is 2. The molecule has 0 aromatic heterocycles. The smallest absolute Gasteiger partial charge is 0.309 e. The number of aliphatic hydroxyl groups is 2. The third-order valence-electron chi connectivity index (χ3n) is 11.8. The van der Waals surface area contributed by atoms with Crippen LogP contribution in [-0.2, 0) is 100 Å². The standard InChI is InChI=1S/C29H46O11.C21H34O8.C8H15NO4S/c1-3-9-22(28(34)38-17-6-5-12-26(32)36-4-2)10-7-19-39-29(35)23(20-25-21-40-25)11-8-18-37-27(33)14-13-24(31)15-16-30;1-3-8-17(21(26)29-15-6-5-10-19(24)27-4-2)9-7-16-28-20(25)12-11-18(23)13-14-22;1-2-14(11,12)7-6-13-8(10)4-3-5-9/h3,22-23,25,30H,1,4-21H2,2H3;3,17,22H,1,4-16H2,2H3;2H,1,3-7,9H2. The predicted molar refractivity (Wildman–Crippen MR) is 303 cm³/mol. The topological polar surface area (TPSA) is 358 Å². The second-order valence-electron chi connectivity index (χ2n) is 18.9. The van der Waals surface area contributed by atoms with Crippen molar-refractivity contribution < 1.29 is 109 Å². The number of ketones is 2. The number of hydrogen-bond donors (Lipinski definition) is 3. The van der Waals surface area contributed by atoms with Crippen molar-refractivity contribution in [1.29, 1.82) is 0 Å². The number of hydrogen-bond acceptors (Lipinski definition) is 24. The number of Topliss-reactive ketones (excluding diaryl/α,β-unsaturated/α-hetero) is 2. The predicted octanol–water partition coefficient (Wildman–Crippen LogP) is 5.58. The van der Waals surface area contributed by atoms with E-state index in [-0.39, 0.29) is 169 Å². The highest BCUT2D eigenvalue weighted by Crippen LogP contribution is 2.25. The fourth-order valence-corrected chi connectivity index (χ4v) is 7.64. The Morgan fingerprint density at radius 2 is 0.855 bits per heavy atom. The summed E-state index contributed by atoms with van der Waals surface area (Å²) in [6, 6.07) is 0. The third kappa shape index (κ3) is 49.3. The molecule has 1 rings (SSSR count). The zero-order valence-corrected chi connectivity index (χ0v) is 49.9. The van der Waals surface area contributed by atoms with Crippen LogP contribution < -0.4 is 5.73 Å². The molecule has 0 aromatic carbocycles. The number of ether oxygens (including phenoxy) is 9. The Balaban J connectivity index is 0. The largest absolute Gasteiger partial charge is 0.466 e. The zero-order chi connectivity index (χ0) is 62.5. The van der Waals surface area contributed by atoms with E-state index in [1.807, 2.05) is 0 Å². The van der Waals surface area contributed by atoms with Crippen molar-refractivity contribution >= 4 is 69.2 Å². The molecule has 0 spiro atoms. The number of nitrogens with two attached hydrogens (primary N) is 1. The van der Waals surface area contributed by atoms with Gasteiger partial charge in [-0.2, -0.15) is 0 Å². The highest BCUT2D eigenvalue weighted by molar-refractivity contribution is 7.94. The molecule has 1 heterocycles. The normalized spacial score (nSPS) is 13.2. The van der Waals surface area contributed by atoms with E-state index in [0.29, 0.717) is 129 Å². The first-order valence-electron chi connectivity index (χ1n) is 28.7. The van der Waals surface area contributed by atoms with Crippen molar-refractivity contribution in [2.75, 3.05) is 85.0 Å². The van der Waals surface area contributed by atoms with Crippen molar-refractivity contribution in [3.63, 3.8) is 0 Å². The summed E-state index contributed by atoms with van der Waals surface area (Å²) in [4.78, 5) is 117. The number of allylic oxidation sites excluding steroid dienone is 2. The highest BCUT2D eigenvalue weighted by Gasteiger charge is 2.31. The van der Waals surface area contributed by atoms with E-state index in [0.717, 1.165) is 5.41 Å². The average molecular weight is 1210 g/mol. The zero-order valence-electron chi connectivity index (χ0n) is 49.1. The van der Waals surface area contributed by atoms with Gasteiger partial charge in [0.1, 0.15) is 18.2 Å². The van der Waals surface area contributed by atoms with Crippen LogP contribution in [0.5, 0.6) is 0 Å². The molecule has 24 nitrogen and oxygen atoms in total. The number of carbonyl (C=O) groups is 10. The Labute approximate surface area is 490 Å². The van der Waals surface area contributed by atoms with E-state index >= 15 is 0 Å². The molecular formula is C58H95NO23S. The van der Waals surface area contributed by atoms with Gasteiger partial charge in [0, 0.05) is 63.6 Å². The van der Waals surface area contributed by atoms with E-state index in [2.05, 4.69) is 24.5 Å². The van der Waals surface area contributed by atoms with Crippen molar-refractivity contribution in [3.8, 4) is 0 Å². The fraction of sp³-hybridized carbons (Fsp3) is 0.724. The molecule has 0 bridgehead atoms. The Hall–Kier alpha value is -5.89. The Morgan fingerprint density at radius 3 is 1.24 bits per heavy atom. The molecule has 1 fully saturated rings. The van der Waals surface area contributed by atoms with Gasteiger partial charge in [-0.15, -0.1) is 13.2 Å². The summed E-state index contributed by atoms with van der Waals surface area (Å²) in [5, 5.41) is 18.2. The molecule has 0 saturated carbocycles. The van der Waals surface area contributed by atoms with Crippen LogP contribution in [0.4, 0.5) is 0 Å². The molecule has 0 aliphatic carbocycles. The molecule has 1 aliphatic heterocycles. The lowest BCUT2D eigenvalue weighted by molar-refractivity contribution is -0.151. The lowest BCUT2D eigenvalue weighted by Crippen LogP contribution is -2.22. The van der Waals surface area contributed by atoms with Crippen LogP contribution >= 0.6 is 0 Å². The molecule has 4 unspecified atom stereocenters. The van der Waals surface area contributed by atoms with E-state index < -0.39 is 27.7 Å². The first kappa shape index (κ1) is 79.2.